The Kier molecular flexibility index (Phi) is 8.05. The van der Waals surface area contributed by atoms with Gasteiger partial charge in [-0.25, -0.2) is 8.42 Å². The average Bonchev–Trinajstić information content (AvgIpc) is 3.27. The molecule has 164 valence electrons. The van der Waals surface area contributed by atoms with Crippen LogP contribution in [0.5, 0.6) is 0 Å². The van der Waals surface area contributed by atoms with Gasteiger partial charge in [-0.05, 0) is 78.5 Å². The Labute approximate surface area is 183 Å². The van der Waals surface area contributed by atoms with Crippen LogP contribution in [0.1, 0.15) is 42.6 Å². The number of likely N-dealkylation sites (tertiary alicyclic amines) is 1. The highest BCUT2D eigenvalue weighted by molar-refractivity contribution is 7.89. The SMILES string of the molecule is CCN(CC)S(=O)(=O)c1ccc(C(=O)NCC2CCN(Cc3ccsc3)CC2)cc1. The Morgan fingerprint density at radius 1 is 1.13 bits per heavy atom. The van der Waals surface area contributed by atoms with Gasteiger partial charge in [0.1, 0.15) is 0 Å². The van der Waals surface area contributed by atoms with Crippen molar-refractivity contribution in [2.45, 2.75) is 38.1 Å². The molecule has 0 saturated carbocycles. The zero-order valence-corrected chi connectivity index (χ0v) is 19.3. The molecule has 0 radical (unpaired) electrons. The van der Waals surface area contributed by atoms with Gasteiger partial charge >= 0.3 is 0 Å². The van der Waals surface area contributed by atoms with Crippen LogP contribution in [0, 0.1) is 5.92 Å². The monoisotopic (exact) mass is 449 g/mol. The molecule has 0 bridgehead atoms. The summed E-state index contributed by atoms with van der Waals surface area (Å²) in [5.74, 6) is 0.331. The van der Waals surface area contributed by atoms with Crippen LogP contribution >= 0.6 is 11.3 Å². The summed E-state index contributed by atoms with van der Waals surface area (Å²) in [6.07, 6.45) is 2.15. The van der Waals surface area contributed by atoms with Crippen molar-refractivity contribution in [3.63, 3.8) is 0 Å². The molecule has 6 nitrogen and oxygen atoms in total. The van der Waals surface area contributed by atoms with Crippen molar-refractivity contribution in [1.29, 1.82) is 0 Å². The number of thiophene rings is 1. The van der Waals surface area contributed by atoms with Crippen LogP contribution in [0.2, 0.25) is 0 Å². The maximum atomic E-state index is 12.6. The van der Waals surface area contributed by atoms with E-state index in [1.165, 1.54) is 22.0 Å². The number of piperidine rings is 1. The number of amides is 1. The van der Waals surface area contributed by atoms with Gasteiger partial charge in [0.2, 0.25) is 10.0 Å². The summed E-state index contributed by atoms with van der Waals surface area (Å²) in [5, 5.41) is 7.33. The molecular formula is C22H31N3O3S2. The Hall–Kier alpha value is -1.74. The molecular weight excluding hydrogens is 418 g/mol. The fourth-order valence-corrected chi connectivity index (χ4v) is 5.94. The van der Waals surface area contributed by atoms with E-state index in [1.807, 2.05) is 13.8 Å². The van der Waals surface area contributed by atoms with Gasteiger partial charge in [-0.3, -0.25) is 9.69 Å². The zero-order valence-electron chi connectivity index (χ0n) is 17.7. The van der Waals surface area contributed by atoms with E-state index in [0.29, 0.717) is 31.1 Å². The number of nitrogens with one attached hydrogen (secondary N) is 1. The van der Waals surface area contributed by atoms with Crippen LogP contribution in [0.3, 0.4) is 0 Å². The number of carbonyl (C=O) groups is 1. The highest BCUT2D eigenvalue weighted by Gasteiger charge is 2.22. The van der Waals surface area contributed by atoms with Crippen LogP contribution in [0.15, 0.2) is 46.0 Å². The third kappa shape index (κ3) is 5.69. The number of rotatable bonds is 9. The summed E-state index contributed by atoms with van der Waals surface area (Å²) in [5.41, 5.74) is 1.86. The number of benzene rings is 1. The van der Waals surface area contributed by atoms with Crippen LogP contribution < -0.4 is 5.32 Å². The topological polar surface area (TPSA) is 69.7 Å². The van der Waals surface area contributed by atoms with Gasteiger partial charge in [0, 0.05) is 31.7 Å². The molecule has 1 aromatic carbocycles. The lowest BCUT2D eigenvalue weighted by molar-refractivity contribution is 0.0935. The third-order valence-electron chi connectivity index (χ3n) is 5.70. The molecule has 0 atom stereocenters. The third-order valence-corrected chi connectivity index (χ3v) is 8.50. The second-order valence-electron chi connectivity index (χ2n) is 7.67. The average molecular weight is 450 g/mol. The van der Waals surface area contributed by atoms with Crippen molar-refractivity contribution in [3.05, 3.63) is 52.2 Å². The van der Waals surface area contributed by atoms with E-state index < -0.39 is 10.0 Å². The van der Waals surface area contributed by atoms with E-state index in [-0.39, 0.29) is 10.8 Å². The molecule has 0 aliphatic carbocycles. The minimum absolute atomic E-state index is 0.150. The van der Waals surface area contributed by atoms with Gasteiger partial charge in [-0.1, -0.05) is 13.8 Å². The summed E-state index contributed by atoms with van der Waals surface area (Å²) < 4.78 is 26.5. The number of hydrogen-bond acceptors (Lipinski definition) is 5. The lowest BCUT2D eigenvalue weighted by Crippen LogP contribution is -2.38. The van der Waals surface area contributed by atoms with Crippen molar-refractivity contribution in [2.24, 2.45) is 5.92 Å². The standard InChI is InChI=1S/C22H31N3O3S2/c1-3-25(4-2)30(27,28)21-7-5-20(6-8-21)22(26)23-15-18-9-12-24(13-10-18)16-19-11-14-29-17-19/h5-8,11,14,17-18H,3-4,9-10,12-13,15-16H2,1-2H3,(H,23,26). The molecule has 0 spiro atoms. The molecule has 2 aromatic rings. The molecule has 3 rings (SSSR count). The van der Waals surface area contributed by atoms with E-state index in [1.54, 1.807) is 23.5 Å². The first kappa shape index (κ1) is 22.9. The van der Waals surface area contributed by atoms with Crippen molar-refractivity contribution in [1.82, 2.24) is 14.5 Å². The van der Waals surface area contributed by atoms with Crippen molar-refractivity contribution in [2.75, 3.05) is 32.7 Å². The van der Waals surface area contributed by atoms with Crippen molar-refractivity contribution in [3.8, 4) is 0 Å². The Morgan fingerprint density at radius 2 is 1.80 bits per heavy atom. The number of carbonyl (C=O) groups excluding carboxylic acids is 1. The second-order valence-corrected chi connectivity index (χ2v) is 10.4. The minimum atomic E-state index is -3.50. The predicted molar refractivity (Wildman–Crippen MR) is 121 cm³/mol. The number of sulfonamides is 1. The zero-order chi connectivity index (χ0) is 21.6. The molecule has 0 unspecified atom stereocenters. The highest BCUT2D eigenvalue weighted by atomic mass is 32.2. The predicted octanol–water partition coefficient (Wildman–Crippen LogP) is 3.42. The second kappa shape index (κ2) is 10.5. The molecule has 1 amide bonds. The highest BCUT2D eigenvalue weighted by Crippen LogP contribution is 2.20. The van der Waals surface area contributed by atoms with E-state index in [0.717, 1.165) is 32.5 Å². The molecule has 2 heterocycles. The Balaban J connectivity index is 1.47. The van der Waals surface area contributed by atoms with E-state index in [2.05, 4.69) is 27.0 Å². The maximum absolute atomic E-state index is 12.6. The smallest absolute Gasteiger partial charge is 0.251 e. The summed E-state index contributed by atoms with van der Waals surface area (Å²) in [6.45, 7) is 8.24. The molecule has 1 N–H and O–H groups in total. The number of nitrogens with zero attached hydrogens (tertiary/aromatic N) is 2. The van der Waals surface area contributed by atoms with Gasteiger partial charge in [0.25, 0.3) is 5.91 Å². The van der Waals surface area contributed by atoms with E-state index >= 15 is 0 Å². The summed E-state index contributed by atoms with van der Waals surface area (Å²) in [4.78, 5) is 15.2. The van der Waals surface area contributed by atoms with Gasteiger partial charge in [0.05, 0.1) is 4.90 Å². The molecule has 30 heavy (non-hydrogen) atoms. The summed E-state index contributed by atoms with van der Waals surface area (Å²) in [6, 6.07) is 8.40. The maximum Gasteiger partial charge on any atom is 0.251 e. The molecule has 1 aromatic heterocycles. The van der Waals surface area contributed by atoms with Crippen LogP contribution in [0.25, 0.3) is 0 Å². The van der Waals surface area contributed by atoms with Crippen LogP contribution in [-0.4, -0.2) is 56.3 Å². The van der Waals surface area contributed by atoms with Crippen LogP contribution in [0.4, 0.5) is 0 Å². The first-order chi connectivity index (χ1) is 14.4. The largest absolute Gasteiger partial charge is 0.352 e. The first-order valence-electron chi connectivity index (χ1n) is 10.6. The van der Waals surface area contributed by atoms with E-state index in [4.69, 9.17) is 0 Å². The molecule has 1 saturated heterocycles. The summed E-state index contributed by atoms with van der Waals surface area (Å²) >= 11 is 1.73. The lowest BCUT2D eigenvalue weighted by atomic mass is 9.96. The molecule has 1 aliphatic rings. The quantitative estimate of drug-likeness (QED) is 0.637. The lowest BCUT2D eigenvalue weighted by Gasteiger charge is -2.31. The number of hydrogen-bond donors (Lipinski definition) is 1. The normalized spacial score (nSPS) is 16.1. The Bertz CT molecular complexity index is 900. The van der Waals surface area contributed by atoms with Gasteiger partial charge in [-0.2, -0.15) is 15.6 Å². The Morgan fingerprint density at radius 3 is 2.37 bits per heavy atom. The first-order valence-corrected chi connectivity index (χ1v) is 12.9. The van der Waals surface area contributed by atoms with Crippen molar-refractivity contribution < 1.29 is 13.2 Å². The fourth-order valence-electron chi connectivity index (χ4n) is 3.82. The van der Waals surface area contributed by atoms with Gasteiger partial charge in [-0.15, -0.1) is 0 Å². The fraction of sp³-hybridized carbons (Fsp3) is 0.500. The van der Waals surface area contributed by atoms with Gasteiger partial charge < -0.3 is 5.32 Å². The van der Waals surface area contributed by atoms with Crippen LogP contribution in [-0.2, 0) is 16.6 Å². The van der Waals surface area contributed by atoms with Crippen molar-refractivity contribution >= 4 is 27.3 Å². The van der Waals surface area contributed by atoms with Gasteiger partial charge in [0.15, 0.2) is 0 Å². The molecule has 8 heteroatoms. The summed E-state index contributed by atoms with van der Waals surface area (Å²) in [7, 11) is -3.50. The molecule has 1 fully saturated rings. The molecule has 1 aliphatic heterocycles. The minimum Gasteiger partial charge on any atom is -0.352 e. The van der Waals surface area contributed by atoms with E-state index in [9.17, 15) is 13.2 Å².